The number of rotatable bonds is 8. The molecule has 0 atom stereocenters. The number of carbonyl (C=O) groups is 3. The van der Waals surface area contributed by atoms with Gasteiger partial charge in [0.15, 0.2) is 6.61 Å². The summed E-state index contributed by atoms with van der Waals surface area (Å²) >= 11 is 1.02. The second kappa shape index (κ2) is 10.4. The van der Waals surface area contributed by atoms with E-state index in [1.165, 1.54) is 0 Å². The highest BCUT2D eigenvalue weighted by Gasteiger charge is 2.26. The van der Waals surface area contributed by atoms with Crippen LogP contribution in [-0.4, -0.2) is 31.0 Å². The lowest BCUT2D eigenvalue weighted by molar-refractivity contribution is -0.118. The Hall–Kier alpha value is -3.65. The van der Waals surface area contributed by atoms with Gasteiger partial charge in [0.1, 0.15) is 10.8 Å². The van der Waals surface area contributed by atoms with Crippen molar-refractivity contribution >= 4 is 39.8 Å². The average Bonchev–Trinajstić information content (AvgIpc) is 3.09. The molecule has 0 aliphatic carbocycles. The molecule has 31 heavy (non-hydrogen) atoms. The standard InChI is InChI=1S/C23H22N2O5S/c1-3-29-23(28)19-15(2)20(21(27)24-16-10-6-4-7-11-16)31-22(19)25-18(26)14-30-17-12-8-5-9-13-17/h4-13H,3,14H2,1-2H3,(H,24,27)(H,25,26). The molecule has 0 aliphatic rings. The molecule has 3 aromatic rings. The van der Waals surface area contributed by atoms with Crippen LogP contribution >= 0.6 is 11.3 Å². The van der Waals surface area contributed by atoms with Crippen molar-refractivity contribution < 1.29 is 23.9 Å². The normalized spacial score (nSPS) is 10.3. The first-order valence-electron chi connectivity index (χ1n) is 9.64. The van der Waals surface area contributed by atoms with Gasteiger partial charge in [0.25, 0.3) is 11.8 Å². The zero-order valence-electron chi connectivity index (χ0n) is 17.1. The molecule has 0 spiro atoms. The summed E-state index contributed by atoms with van der Waals surface area (Å²) in [6.07, 6.45) is 0. The molecule has 7 nitrogen and oxygen atoms in total. The van der Waals surface area contributed by atoms with E-state index in [0.717, 1.165) is 11.3 Å². The van der Waals surface area contributed by atoms with Crippen LogP contribution in [0, 0.1) is 6.92 Å². The molecule has 2 amide bonds. The number of thiophene rings is 1. The second-order valence-electron chi connectivity index (χ2n) is 6.45. The van der Waals surface area contributed by atoms with Crippen molar-refractivity contribution in [2.24, 2.45) is 0 Å². The van der Waals surface area contributed by atoms with Gasteiger partial charge in [-0.2, -0.15) is 0 Å². The van der Waals surface area contributed by atoms with Crippen LogP contribution in [0.5, 0.6) is 5.75 Å². The molecular formula is C23H22N2O5S. The number of hydrogen-bond donors (Lipinski definition) is 2. The molecule has 0 saturated carbocycles. The molecule has 1 heterocycles. The Kier molecular flexibility index (Phi) is 7.40. The lowest BCUT2D eigenvalue weighted by Crippen LogP contribution is -2.21. The van der Waals surface area contributed by atoms with Crippen molar-refractivity contribution in [3.05, 3.63) is 76.7 Å². The van der Waals surface area contributed by atoms with Crippen molar-refractivity contribution in [3.8, 4) is 5.75 Å². The third kappa shape index (κ3) is 5.70. The highest BCUT2D eigenvalue weighted by molar-refractivity contribution is 7.18. The van der Waals surface area contributed by atoms with Gasteiger partial charge in [-0.1, -0.05) is 36.4 Å². The molecule has 1 aromatic heterocycles. The molecule has 0 fully saturated rings. The van der Waals surface area contributed by atoms with E-state index in [1.54, 1.807) is 62.4 Å². The first-order valence-corrected chi connectivity index (χ1v) is 10.5. The smallest absolute Gasteiger partial charge is 0.341 e. The fourth-order valence-corrected chi connectivity index (χ4v) is 3.91. The summed E-state index contributed by atoms with van der Waals surface area (Å²) in [5.74, 6) is -0.881. The molecule has 2 N–H and O–H groups in total. The van der Waals surface area contributed by atoms with E-state index in [0.29, 0.717) is 21.9 Å². The first kappa shape index (κ1) is 22.0. The third-order valence-electron chi connectivity index (χ3n) is 4.23. The second-order valence-corrected chi connectivity index (χ2v) is 7.47. The number of hydrogen-bond acceptors (Lipinski definition) is 6. The zero-order valence-corrected chi connectivity index (χ0v) is 18.0. The van der Waals surface area contributed by atoms with Gasteiger partial charge in [-0.05, 0) is 43.7 Å². The molecule has 0 unspecified atom stereocenters. The van der Waals surface area contributed by atoms with Crippen LogP contribution in [0.25, 0.3) is 0 Å². The summed E-state index contributed by atoms with van der Waals surface area (Å²) in [5, 5.41) is 5.71. The molecule has 160 valence electrons. The Morgan fingerprint density at radius 1 is 0.935 bits per heavy atom. The molecule has 2 aromatic carbocycles. The van der Waals surface area contributed by atoms with Gasteiger partial charge in [-0.15, -0.1) is 11.3 Å². The van der Waals surface area contributed by atoms with Crippen LogP contribution in [0.3, 0.4) is 0 Å². The van der Waals surface area contributed by atoms with Crippen molar-refractivity contribution in [2.45, 2.75) is 13.8 Å². The maximum atomic E-state index is 12.8. The molecule has 3 rings (SSSR count). The van der Waals surface area contributed by atoms with Gasteiger partial charge >= 0.3 is 5.97 Å². The van der Waals surface area contributed by atoms with Gasteiger partial charge in [0.2, 0.25) is 0 Å². The van der Waals surface area contributed by atoms with E-state index in [1.807, 2.05) is 12.1 Å². The van der Waals surface area contributed by atoms with Crippen LogP contribution in [-0.2, 0) is 9.53 Å². The van der Waals surface area contributed by atoms with E-state index in [2.05, 4.69) is 10.6 Å². The predicted octanol–water partition coefficient (Wildman–Crippen LogP) is 4.50. The first-order chi connectivity index (χ1) is 15.0. The van der Waals surface area contributed by atoms with E-state index >= 15 is 0 Å². The Morgan fingerprint density at radius 2 is 1.58 bits per heavy atom. The number of esters is 1. The SMILES string of the molecule is CCOC(=O)c1c(NC(=O)COc2ccccc2)sc(C(=O)Nc2ccccc2)c1C. The minimum Gasteiger partial charge on any atom is -0.484 e. The summed E-state index contributed by atoms with van der Waals surface area (Å²) < 4.78 is 10.6. The lowest BCUT2D eigenvalue weighted by atomic mass is 10.1. The highest BCUT2D eigenvalue weighted by Crippen LogP contribution is 2.34. The van der Waals surface area contributed by atoms with Crippen molar-refractivity contribution in [1.29, 1.82) is 0 Å². The van der Waals surface area contributed by atoms with Gasteiger partial charge in [-0.25, -0.2) is 4.79 Å². The fourth-order valence-electron chi connectivity index (χ4n) is 2.80. The number of anilines is 2. The van der Waals surface area contributed by atoms with Gasteiger partial charge < -0.3 is 20.1 Å². The summed E-state index contributed by atoms with van der Waals surface area (Å²) in [6, 6.07) is 17.9. The van der Waals surface area contributed by atoms with Crippen LogP contribution in [0.15, 0.2) is 60.7 Å². The number of amides is 2. The lowest BCUT2D eigenvalue weighted by Gasteiger charge is -2.08. The topological polar surface area (TPSA) is 93.7 Å². The molecule has 0 bridgehead atoms. The maximum Gasteiger partial charge on any atom is 0.341 e. The number of benzene rings is 2. The monoisotopic (exact) mass is 438 g/mol. The molecule has 0 radical (unpaired) electrons. The van der Waals surface area contributed by atoms with Crippen molar-refractivity contribution in [3.63, 3.8) is 0 Å². The van der Waals surface area contributed by atoms with Gasteiger partial charge in [-0.3, -0.25) is 9.59 Å². The fraction of sp³-hybridized carbons (Fsp3) is 0.174. The Morgan fingerprint density at radius 3 is 2.23 bits per heavy atom. The van der Waals surface area contributed by atoms with Gasteiger partial charge in [0.05, 0.1) is 17.0 Å². The molecular weight excluding hydrogens is 416 g/mol. The van der Waals surface area contributed by atoms with Crippen LogP contribution in [0.4, 0.5) is 10.7 Å². The van der Waals surface area contributed by atoms with E-state index < -0.39 is 11.9 Å². The molecule has 0 aliphatic heterocycles. The minimum absolute atomic E-state index is 0.165. The zero-order chi connectivity index (χ0) is 22.2. The highest BCUT2D eigenvalue weighted by atomic mass is 32.1. The molecule has 0 saturated heterocycles. The third-order valence-corrected chi connectivity index (χ3v) is 5.44. The van der Waals surface area contributed by atoms with Crippen LogP contribution in [0.1, 0.15) is 32.5 Å². The number of para-hydroxylation sites is 2. The van der Waals surface area contributed by atoms with Crippen molar-refractivity contribution in [1.82, 2.24) is 0 Å². The number of nitrogens with one attached hydrogen (secondary N) is 2. The Balaban J connectivity index is 1.80. The van der Waals surface area contributed by atoms with Crippen LogP contribution < -0.4 is 15.4 Å². The number of carbonyl (C=O) groups excluding carboxylic acids is 3. The van der Waals surface area contributed by atoms with Crippen molar-refractivity contribution in [2.75, 3.05) is 23.8 Å². The summed E-state index contributed by atoms with van der Waals surface area (Å²) in [4.78, 5) is 38.0. The van der Waals surface area contributed by atoms with E-state index in [-0.39, 0.29) is 29.7 Å². The quantitative estimate of drug-likeness (QED) is 0.505. The van der Waals surface area contributed by atoms with E-state index in [4.69, 9.17) is 9.47 Å². The van der Waals surface area contributed by atoms with E-state index in [9.17, 15) is 14.4 Å². The van der Waals surface area contributed by atoms with Gasteiger partial charge in [0, 0.05) is 5.69 Å². The minimum atomic E-state index is -0.603. The Labute approximate surface area is 184 Å². The maximum absolute atomic E-state index is 12.8. The molecule has 8 heteroatoms. The summed E-state index contributed by atoms with van der Waals surface area (Å²) in [6.45, 7) is 3.27. The average molecular weight is 439 g/mol. The Bertz CT molecular complexity index is 1060. The summed E-state index contributed by atoms with van der Waals surface area (Å²) in [7, 11) is 0. The number of ether oxygens (including phenoxy) is 2. The van der Waals surface area contributed by atoms with Crippen LogP contribution in [0.2, 0.25) is 0 Å². The summed E-state index contributed by atoms with van der Waals surface area (Å²) in [5.41, 5.74) is 1.23. The predicted molar refractivity (Wildman–Crippen MR) is 120 cm³/mol. The largest absolute Gasteiger partial charge is 0.484 e.